The minimum Gasteiger partial charge on any atom is -0.377 e. The lowest BCUT2D eigenvalue weighted by molar-refractivity contribution is -0.0574. The molecule has 0 aromatic carbocycles. The Morgan fingerprint density at radius 3 is 2.67 bits per heavy atom. The van der Waals surface area contributed by atoms with Crippen LogP contribution >= 0.6 is 15.9 Å². The van der Waals surface area contributed by atoms with Crippen LogP contribution in [-0.4, -0.2) is 18.0 Å². The van der Waals surface area contributed by atoms with Gasteiger partial charge in [0.1, 0.15) is 0 Å². The molecule has 0 radical (unpaired) electrons. The highest BCUT2D eigenvalue weighted by molar-refractivity contribution is 9.09. The molecule has 3 saturated carbocycles. The maximum Gasteiger partial charge on any atom is 0.0613 e. The molecule has 0 aliphatic heterocycles. The number of allylic oxidation sites excluding steroid dienone is 1. The molecule has 0 heterocycles. The van der Waals surface area contributed by atoms with Gasteiger partial charge in [-0.05, 0) is 98.2 Å². The Balaban J connectivity index is 1.42. The first kappa shape index (κ1) is 23.3. The second-order valence-corrected chi connectivity index (χ2v) is 13.0. The number of rotatable bonds is 8. The summed E-state index contributed by atoms with van der Waals surface area (Å²) in [6.07, 6.45) is 20.2. The van der Waals surface area contributed by atoms with Crippen molar-refractivity contribution in [3.05, 3.63) is 11.6 Å². The summed E-state index contributed by atoms with van der Waals surface area (Å²) >= 11 is 3.52. The summed E-state index contributed by atoms with van der Waals surface area (Å²) in [4.78, 5) is 0. The molecule has 0 aromatic heterocycles. The van der Waals surface area contributed by atoms with Gasteiger partial charge in [0, 0.05) is 5.33 Å². The van der Waals surface area contributed by atoms with Crippen LogP contribution in [0, 0.1) is 40.4 Å². The Labute approximate surface area is 195 Å². The molecule has 4 aliphatic carbocycles. The quantitative estimate of drug-likeness (QED) is 0.192. The van der Waals surface area contributed by atoms with Gasteiger partial charge in [0.2, 0.25) is 0 Å². The lowest BCUT2D eigenvalue weighted by Crippen LogP contribution is -2.50. The molecule has 0 N–H and O–H groups in total. The zero-order valence-corrected chi connectivity index (χ0v) is 21.8. The van der Waals surface area contributed by atoms with Gasteiger partial charge in [-0.3, -0.25) is 0 Å². The molecular formula is C28H47BrO. The molecule has 2 heteroatoms. The van der Waals surface area contributed by atoms with Gasteiger partial charge in [0.25, 0.3) is 0 Å². The minimum atomic E-state index is 0.466. The largest absolute Gasteiger partial charge is 0.377 e. The third-order valence-electron chi connectivity index (χ3n) is 10.3. The van der Waals surface area contributed by atoms with E-state index in [1.807, 2.05) is 0 Å². The zero-order valence-electron chi connectivity index (χ0n) is 20.2. The van der Waals surface area contributed by atoms with E-state index in [0.717, 1.165) is 41.5 Å². The molecule has 4 rings (SSSR count). The smallest absolute Gasteiger partial charge is 0.0613 e. The fourth-order valence-electron chi connectivity index (χ4n) is 8.51. The van der Waals surface area contributed by atoms with Crippen LogP contribution < -0.4 is 0 Å². The first-order valence-electron chi connectivity index (χ1n) is 13.3. The van der Waals surface area contributed by atoms with Crippen LogP contribution in [0.3, 0.4) is 0 Å². The molecule has 30 heavy (non-hydrogen) atoms. The standard InChI is InChI=1S/C28H47BrO/c1-20(2)7-5-6-8-21-10-12-25-24-11-9-22-19-23(30-18-17-29)13-15-28(22,4)26(24)14-16-27(21,25)3/h9,20-21,23-26H,5-8,10-19H2,1-4H3. The second kappa shape index (κ2) is 9.58. The Hall–Kier alpha value is 0.180. The highest BCUT2D eigenvalue weighted by Gasteiger charge is 2.58. The average molecular weight is 480 g/mol. The van der Waals surface area contributed by atoms with Crippen molar-refractivity contribution in [1.29, 1.82) is 0 Å². The summed E-state index contributed by atoms with van der Waals surface area (Å²) < 4.78 is 6.14. The van der Waals surface area contributed by atoms with E-state index in [4.69, 9.17) is 4.74 Å². The maximum absolute atomic E-state index is 6.14. The number of fused-ring (bicyclic) bond motifs is 5. The summed E-state index contributed by atoms with van der Waals surface area (Å²) in [6, 6.07) is 0. The lowest BCUT2D eigenvalue weighted by Gasteiger charge is -2.58. The van der Waals surface area contributed by atoms with Crippen molar-refractivity contribution < 1.29 is 4.74 Å². The summed E-state index contributed by atoms with van der Waals surface area (Å²) in [7, 11) is 0. The van der Waals surface area contributed by atoms with E-state index < -0.39 is 0 Å². The van der Waals surface area contributed by atoms with Crippen LogP contribution in [0.1, 0.15) is 105 Å². The van der Waals surface area contributed by atoms with E-state index >= 15 is 0 Å². The molecule has 172 valence electrons. The number of hydrogen-bond acceptors (Lipinski definition) is 1. The highest BCUT2D eigenvalue weighted by Crippen LogP contribution is 2.66. The Kier molecular flexibility index (Phi) is 7.45. The van der Waals surface area contributed by atoms with Crippen LogP contribution in [0.4, 0.5) is 0 Å². The third-order valence-corrected chi connectivity index (χ3v) is 10.6. The summed E-state index contributed by atoms with van der Waals surface area (Å²) in [5, 5.41) is 0.962. The SMILES string of the molecule is CC(C)CCCCC1CCC2C3CC=C4CC(OCCBr)CCC4(C)C3CCC12C. The summed E-state index contributed by atoms with van der Waals surface area (Å²) in [5.74, 6) is 4.76. The Bertz CT molecular complexity index is 612. The number of alkyl halides is 1. The van der Waals surface area contributed by atoms with Crippen molar-refractivity contribution in [1.82, 2.24) is 0 Å². The van der Waals surface area contributed by atoms with Crippen LogP contribution in [-0.2, 0) is 4.74 Å². The van der Waals surface area contributed by atoms with Crippen molar-refractivity contribution in [3.63, 3.8) is 0 Å². The molecule has 4 aliphatic rings. The van der Waals surface area contributed by atoms with Gasteiger partial charge in [0.15, 0.2) is 0 Å². The molecule has 0 saturated heterocycles. The van der Waals surface area contributed by atoms with Crippen LogP contribution in [0.25, 0.3) is 0 Å². The fourth-order valence-corrected chi connectivity index (χ4v) is 8.69. The third kappa shape index (κ3) is 4.35. The molecule has 0 amide bonds. The molecule has 3 fully saturated rings. The van der Waals surface area contributed by atoms with Gasteiger partial charge in [0.05, 0.1) is 12.7 Å². The fraction of sp³-hybridized carbons (Fsp3) is 0.929. The predicted molar refractivity (Wildman–Crippen MR) is 132 cm³/mol. The monoisotopic (exact) mass is 478 g/mol. The summed E-state index contributed by atoms with van der Waals surface area (Å²) in [5.41, 5.74) is 2.87. The van der Waals surface area contributed by atoms with Gasteiger partial charge in [-0.15, -0.1) is 0 Å². The number of ether oxygens (including phenoxy) is 1. The van der Waals surface area contributed by atoms with Gasteiger partial charge < -0.3 is 4.74 Å². The zero-order chi connectivity index (χ0) is 21.4. The molecule has 0 spiro atoms. The van der Waals surface area contributed by atoms with Crippen LogP contribution in [0.5, 0.6) is 0 Å². The van der Waals surface area contributed by atoms with Crippen molar-refractivity contribution in [2.24, 2.45) is 40.4 Å². The summed E-state index contributed by atoms with van der Waals surface area (Å²) in [6.45, 7) is 11.0. The van der Waals surface area contributed by atoms with Crippen LogP contribution in [0.2, 0.25) is 0 Å². The minimum absolute atomic E-state index is 0.466. The Morgan fingerprint density at radius 1 is 1.07 bits per heavy atom. The van der Waals surface area contributed by atoms with E-state index in [1.165, 1.54) is 77.0 Å². The highest BCUT2D eigenvalue weighted by atomic mass is 79.9. The molecule has 1 nitrogen and oxygen atoms in total. The predicted octanol–water partition coefficient (Wildman–Crippen LogP) is 8.56. The average Bonchev–Trinajstić information content (AvgIpc) is 3.05. The van der Waals surface area contributed by atoms with E-state index in [1.54, 1.807) is 5.57 Å². The van der Waals surface area contributed by atoms with Crippen LogP contribution in [0.15, 0.2) is 11.6 Å². The van der Waals surface area contributed by atoms with E-state index in [9.17, 15) is 0 Å². The first-order chi connectivity index (χ1) is 14.4. The Morgan fingerprint density at radius 2 is 1.90 bits per heavy atom. The van der Waals surface area contributed by atoms with Gasteiger partial charge >= 0.3 is 0 Å². The second-order valence-electron chi connectivity index (χ2n) is 12.2. The van der Waals surface area contributed by atoms with Gasteiger partial charge in [-0.1, -0.05) is 74.5 Å². The van der Waals surface area contributed by atoms with Crippen molar-refractivity contribution in [3.8, 4) is 0 Å². The van der Waals surface area contributed by atoms with E-state index in [2.05, 4.69) is 49.7 Å². The van der Waals surface area contributed by atoms with Crippen molar-refractivity contribution in [2.75, 3.05) is 11.9 Å². The number of halogens is 1. The number of hydrogen-bond donors (Lipinski definition) is 0. The molecule has 7 atom stereocenters. The number of unbranched alkanes of at least 4 members (excludes halogenated alkanes) is 1. The van der Waals surface area contributed by atoms with Gasteiger partial charge in [-0.25, -0.2) is 0 Å². The molecular weight excluding hydrogens is 432 g/mol. The molecule has 7 unspecified atom stereocenters. The van der Waals surface area contributed by atoms with E-state index in [-0.39, 0.29) is 0 Å². The first-order valence-corrected chi connectivity index (χ1v) is 14.4. The van der Waals surface area contributed by atoms with Crippen molar-refractivity contribution in [2.45, 2.75) is 111 Å². The maximum atomic E-state index is 6.14. The lowest BCUT2D eigenvalue weighted by atomic mass is 9.47. The molecule has 0 bridgehead atoms. The molecule has 0 aromatic rings. The van der Waals surface area contributed by atoms with Gasteiger partial charge in [-0.2, -0.15) is 0 Å². The topological polar surface area (TPSA) is 9.23 Å². The normalized spacial score (nSPS) is 43.1. The van der Waals surface area contributed by atoms with Crippen molar-refractivity contribution >= 4 is 15.9 Å². The van der Waals surface area contributed by atoms with E-state index in [0.29, 0.717) is 16.9 Å².